The number of ether oxygens (including phenoxy) is 2. The topological polar surface area (TPSA) is 110 Å². The summed E-state index contributed by atoms with van der Waals surface area (Å²) in [4.78, 5) is 33.3. The van der Waals surface area contributed by atoms with E-state index in [1.165, 1.54) is 19.1 Å². The van der Waals surface area contributed by atoms with Crippen LogP contribution in [0.15, 0.2) is 42.5 Å². The molecule has 26 heavy (non-hydrogen) atoms. The Hall–Kier alpha value is -1.95. The maximum absolute atomic E-state index is 12.3. The number of carbonyl (C=O) groups is 2. The smallest absolute Gasteiger partial charge is 0.333 e. The Labute approximate surface area is 153 Å². The van der Waals surface area contributed by atoms with E-state index in [0.29, 0.717) is 0 Å². The summed E-state index contributed by atoms with van der Waals surface area (Å²) in [6.45, 7) is 5.84. The molecule has 0 aliphatic rings. The molecule has 0 radical (unpaired) electrons. The molecular weight excluding hydrogens is 359 g/mol. The number of benzene rings is 1. The summed E-state index contributed by atoms with van der Waals surface area (Å²) in [7, 11) is -3.64. The molecule has 8 heteroatoms. The Morgan fingerprint density at radius 1 is 1.19 bits per heavy atom. The van der Waals surface area contributed by atoms with E-state index in [9.17, 15) is 24.2 Å². The van der Waals surface area contributed by atoms with Gasteiger partial charge in [0.2, 0.25) is 7.37 Å². The third-order valence-corrected chi connectivity index (χ3v) is 5.58. The van der Waals surface area contributed by atoms with Crippen LogP contribution in [0.25, 0.3) is 0 Å². The Balaban J connectivity index is 2.50. The number of esters is 2. The molecule has 1 rings (SSSR count). The van der Waals surface area contributed by atoms with E-state index in [1.807, 2.05) is 0 Å². The maximum atomic E-state index is 12.3. The highest BCUT2D eigenvalue weighted by Gasteiger charge is 2.29. The van der Waals surface area contributed by atoms with Crippen LogP contribution in [0.1, 0.15) is 20.3 Å². The first-order chi connectivity index (χ1) is 12.1. The monoisotopic (exact) mass is 384 g/mol. The van der Waals surface area contributed by atoms with Crippen molar-refractivity contribution < 1.29 is 33.6 Å². The Morgan fingerprint density at radius 3 is 2.31 bits per heavy atom. The minimum atomic E-state index is -3.64. The van der Waals surface area contributed by atoms with Crippen LogP contribution in [0.3, 0.4) is 0 Å². The van der Waals surface area contributed by atoms with Crippen LogP contribution in [0.2, 0.25) is 0 Å². The van der Waals surface area contributed by atoms with Crippen molar-refractivity contribution in [2.45, 2.75) is 20.3 Å². The first-order valence-corrected chi connectivity index (χ1v) is 9.91. The molecule has 0 saturated carbocycles. The Bertz CT molecular complexity index is 686. The van der Waals surface area contributed by atoms with Gasteiger partial charge in [-0.15, -0.1) is 0 Å². The molecule has 0 amide bonds. The van der Waals surface area contributed by atoms with E-state index in [4.69, 9.17) is 9.47 Å². The molecule has 2 N–H and O–H groups in total. The van der Waals surface area contributed by atoms with E-state index in [1.54, 1.807) is 25.1 Å². The molecule has 0 aliphatic heterocycles. The third-order valence-electron chi connectivity index (χ3n) is 3.64. The number of carbonyl (C=O) groups excluding carboxylic acids is 2. The first kappa shape index (κ1) is 22.1. The molecule has 0 spiro atoms. The number of aliphatic hydroxyl groups is 1. The van der Waals surface area contributed by atoms with Crippen molar-refractivity contribution in [2.24, 2.45) is 5.41 Å². The fraction of sp³-hybridized carbons (Fsp3) is 0.444. The summed E-state index contributed by atoms with van der Waals surface area (Å²) in [5.74, 6) is -1.26. The minimum Gasteiger partial charge on any atom is -0.465 e. The molecular formula is C18H25O7P. The normalized spacial score (nSPS) is 15.4. The summed E-state index contributed by atoms with van der Waals surface area (Å²) in [6, 6.07) is 8.09. The van der Waals surface area contributed by atoms with Crippen molar-refractivity contribution in [1.82, 2.24) is 0 Å². The van der Waals surface area contributed by atoms with E-state index >= 15 is 0 Å². The molecule has 0 fully saturated rings. The predicted molar refractivity (Wildman–Crippen MR) is 97.3 cm³/mol. The van der Waals surface area contributed by atoms with Gasteiger partial charge < -0.3 is 19.5 Å². The number of rotatable bonds is 10. The van der Waals surface area contributed by atoms with E-state index < -0.39 is 24.7 Å². The highest BCUT2D eigenvalue weighted by atomic mass is 31.2. The summed E-state index contributed by atoms with van der Waals surface area (Å²) in [5, 5.41) is 9.75. The number of hydrogen-bond donors (Lipinski definition) is 2. The zero-order valence-electron chi connectivity index (χ0n) is 15.0. The quantitative estimate of drug-likeness (QED) is 0.358. The van der Waals surface area contributed by atoms with E-state index in [2.05, 4.69) is 6.58 Å². The van der Waals surface area contributed by atoms with Gasteiger partial charge >= 0.3 is 11.9 Å². The van der Waals surface area contributed by atoms with Gasteiger partial charge in [-0.3, -0.25) is 9.36 Å². The van der Waals surface area contributed by atoms with Crippen LogP contribution in [-0.4, -0.2) is 47.9 Å². The van der Waals surface area contributed by atoms with Gasteiger partial charge in [0.05, 0.1) is 18.4 Å². The molecule has 2 atom stereocenters. The predicted octanol–water partition coefficient (Wildman–Crippen LogP) is 1.63. The lowest BCUT2D eigenvalue weighted by Gasteiger charge is -2.26. The van der Waals surface area contributed by atoms with Gasteiger partial charge in [-0.25, -0.2) is 4.79 Å². The summed E-state index contributed by atoms with van der Waals surface area (Å²) in [6.07, 6.45) is -0.480. The highest BCUT2D eigenvalue weighted by molar-refractivity contribution is 7.66. The SMILES string of the molecule is C=C(C)C(=O)OCC(C)(CO)COC(=O)CCP(=O)(O)c1ccccc1. The van der Waals surface area contributed by atoms with Gasteiger partial charge in [-0.05, 0) is 19.1 Å². The van der Waals surface area contributed by atoms with Crippen molar-refractivity contribution in [3.63, 3.8) is 0 Å². The molecule has 0 saturated heterocycles. The molecule has 2 unspecified atom stereocenters. The third kappa shape index (κ3) is 7.12. The van der Waals surface area contributed by atoms with Crippen LogP contribution in [0.4, 0.5) is 0 Å². The van der Waals surface area contributed by atoms with Gasteiger partial charge in [0.15, 0.2) is 0 Å². The molecule has 0 bridgehead atoms. The van der Waals surface area contributed by atoms with Crippen molar-refractivity contribution in [1.29, 1.82) is 0 Å². The fourth-order valence-electron chi connectivity index (χ4n) is 1.86. The van der Waals surface area contributed by atoms with Gasteiger partial charge in [-0.2, -0.15) is 0 Å². The molecule has 1 aromatic rings. The average Bonchev–Trinajstić information content (AvgIpc) is 2.63. The first-order valence-electron chi connectivity index (χ1n) is 8.06. The summed E-state index contributed by atoms with van der Waals surface area (Å²) in [5.41, 5.74) is -0.745. The van der Waals surface area contributed by atoms with Crippen molar-refractivity contribution in [3.05, 3.63) is 42.5 Å². The Morgan fingerprint density at radius 2 is 1.77 bits per heavy atom. The summed E-state index contributed by atoms with van der Waals surface area (Å²) < 4.78 is 22.3. The standard InChI is InChI=1S/C18H25O7P/c1-14(2)17(21)25-13-18(3,11-19)12-24-16(20)9-10-26(22,23)15-7-5-4-6-8-15/h4-8,19H,1,9-13H2,2-3H3,(H,22,23). The second-order valence-corrected chi connectivity index (χ2v) is 8.86. The molecule has 1 aromatic carbocycles. The number of hydrogen-bond acceptors (Lipinski definition) is 6. The summed E-state index contributed by atoms with van der Waals surface area (Å²) >= 11 is 0. The molecule has 0 heterocycles. The number of aliphatic hydroxyl groups excluding tert-OH is 1. The average molecular weight is 384 g/mol. The fourth-order valence-corrected chi connectivity index (χ4v) is 3.24. The highest BCUT2D eigenvalue weighted by Crippen LogP contribution is 2.39. The zero-order valence-corrected chi connectivity index (χ0v) is 15.9. The van der Waals surface area contributed by atoms with Crippen LogP contribution in [-0.2, 0) is 23.6 Å². The van der Waals surface area contributed by atoms with Gasteiger partial charge in [0.1, 0.15) is 13.2 Å². The lowest BCUT2D eigenvalue weighted by Crippen LogP contribution is -2.35. The zero-order chi connectivity index (χ0) is 19.8. The lowest BCUT2D eigenvalue weighted by molar-refractivity contribution is -0.152. The van der Waals surface area contributed by atoms with Gasteiger partial charge in [0, 0.05) is 17.0 Å². The second-order valence-electron chi connectivity index (χ2n) is 6.50. The van der Waals surface area contributed by atoms with E-state index in [0.717, 1.165) is 0 Å². The van der Waals surface area contributed by atoms with Gasteiger partial charge in [-0.1, -0.05) is 31.7 Å². The molecule has 0 aliphatic carbocycles. The minimum absolute atomic E-state index is 0.148. The van der Waals surface area contributed by atoms with Gasteiger partial charge in [0.25, 0.3) is 0 Å². The molecule has 0 aromatic heterocycles. The van der Waals surface area contributed by atoms with Crippen molar-refractivity contribution in [2.75, 3.05) is 26.0 Å². The van der Waals surface area contributed by atoms with Crippen molar-refractivity contribution in [3.8, 4) is 0 Å². The van der Waals surface area contributed by atoms with E-state index in [-0.39, 0.29) is 43.3 Å². The van der Waals surface area contributed by atoms with Crippen LogP contribution >= 0.6 is 7.37 Å². The van der Waals surface area contributed by atoms with Crippen LogP contribution < -0.4 is 5.30 Å². The van der Waals surface area contributed by atoms with Crippen LogP contribution in [0.5, 0.6) is 0 Å². The maximum Gasteiger partial charge on any atom is 0.333 e. The largest absolute Gasteiger partial charge is 0.465 e. The Kier molecular flexibility index (Phi) is 8.21. The molecule has 7 nitrogen and oxygen atoms in total. The van der Waals surface area contributed by atoms with Crippen LogP contribution in [0, 0.1) is 5.41 Å². The van der Waals surface area contributed by atoms with Crippen molar-refractivity contribution >= 4 is 24.6 Å². The lowest BCUT2D eigenvalue weighted by atomic mass is 9.94. The second kappa shape index (κ2) is 9.67. The molecule has 144 valence electrons.